The summed E-state index contributed by atoms with van der Waals surface area (Å²) < 4.78 is 99.4. The first kappa shape index (κ1) is 54.0. The number of ether oxygens (including phenoxy) is 9. The van der Waals surface area contributed by atoms with Gasteiger partial charge < -0.3 is 42.6 Å². The molecule has 12 nitrogen and oxygen atoms in total. The maximum absolute atomic E-state index is 15.8. The topological polar surface area (TPSA) is 126 Å². The summed E-state index contributed by atoms with van der Waals surface area (Å²) in [5.41, 5.74) is 0.857. The van der Waals surface area contributed by atoms with Crippen LogP contribution in [0.2, 0.25) is 0 Å². The first-order chi connectivity index (χ1) is 30.7. The molecule has 0 spiro atoms. The van der Waals surface area contributed by atoms with Crippen LogP contribution in [0.25, 0.3) is 0 Å². The predicted molar refractivity (Wildman–Crippen MR) is 263 cm³/mol. The summed E-state index contributed by atoms with van der Waals surface area (Å²) in [5, 5.41) is 0. The van der Waals surface area contributed by atoms with Crippen LogP contribution >= 0.6 is 10.3 Å². The minimum Gasteiger partial charge on any atom is -0.491 e. The monoisotopic (exact) mass is 956 g/mol. The molecule has 368 valence electrons. The molecule has 0 unspecified atom stereocenters. The van der Waals surface area contributed by atoms with Crippen LogP contribution in [-0.2, 0) is 13.7 Å². The third kappa shape index (κ3) is 14.2. The molecule has 0 N–H and O–H groups in total. The first-order valence-electron chi connectivity index (χ1n) is 23.1. The molecule has 0 amide bonds. The SMILES string of the molecule is Cc1ccc(S(=O)(=O)OS(c2c(OC(C)C)cc(OC(C)C)cc2OC(C)C)(c2c(OC(C)C)cc(OC(C)C)cc2OC(C)C)c2c(OC(C)C)cc(OC(C)C)cc2OC(C)C)cc1. The van der Waals surface area contributed by atoms with Crippen molar-refractivity contribution in [2.75, 3.05) is 0 Å². The van der Waals surface area contributed by atoms with Gasteiger partial charge in [0.25, 0.3) is 0 Å². The highest BCUT2D eigenvalue weighted by molar-refractivity contribution is 8.33. The van der Waals surface area contributed by atoms with Crippen LogP contribution in [0.3, 0.4) is 0 Å². The van der Waals surface area contributed by atoms with E-state index in [2.05, 4.69) is 0 Å². The van der Waals surface area contributed by atoms with E-state index in [1.165, 1.54) is 12.1 Å². The Hall–Kier alpha value is -4.66. The Balaban J connectivity index is 2.65. The molecule has 0 aliphatic rings. The highest BCUT2D eigenvalue weighted by Crippen LogP contribution is 2.81. The number of hydrogen-bond donors (Lipinski definition) is 0. The van der Waals surface area contributed by atoms with Crippen molar-refractivity contribution in [2.45, 2.75) is 206 Å². The first-order valence-corrected chi connectivity index (χ1v) is 26.1. The molecule has 14 heteroatoms. The summed E-state index contributed by atoms with van der Waals surface area (Å²) in [7, 11) is -8.87. The molecule has 0 atom stereocenters. The molecule has 4 rings (SSSR count). The summed E-state index contributed by atoms with van der Waals surface area (Å²) in [6, 6.07) is 17.0. The number of rotatable bonds is 24. The van der Waals surface area contributed by atoms with E-state index in [1.54, 1.807) is 48.5 Å². The third-order valence-corrected chi connectivity index (χ3v) is 14.0. The van der Waals surface area contributed by atoms with Gasteiger partial charge >= 0.3 is 10.1 Å². The molecule has 0 saturated heterocycles. The summed E-state index contributed by atoms with van der Waals surface area (Å²) in [6.45, 7) is 36.1. The summed E-state index contributed by atoms with van der Waals surface area (Å²) in [6.07, 6.45) is -3.44. The molecule has 66 heavy (non-hydrogen) atoms. The van der Waals surface area contributed by atoms with Crippen molar-refractivity contribution in [3.05, 3.63) is 66.2 Å². The van der Waals surface area contributed by atoms with Crippen LogP contribution in [0, 0.1) is 6.92 Å². The van der Waals surface area contributed by atoms with Crippen LogP contribution < -0.4 is 42.6 Å². The maximum Gasteiger partial charge on any atom is 0.307 e. The van der Waals surface area contributed by atoms with Gasteiger partial charge in [-0.05, 0) is 154 Å². The molecule has 0 aliphatic heterocycles. The lowest BCUT2D eigenvalue weighted by Gasteiger charge is -2.44. The van der Waals surface area contributed by atoms with Crippen LogP contribution in [0.5, 0.6) is 51.7 Å². The minimum absolute atomic E-state index is 0.0998. The van der Waals surface area contributed by atoms with Crippen molar-refractivity contribution in [3.8, 4) is 51.7 Å². The van der Waals surface area contributed by atoms with Crippen molar-refractivity contribution in [3.63, 3.8) is 0 Å². The molecule has 0 fully saturated rings. The third-order valence-electron chi connectivity index (χ3n) is 8.64. The molecule has 0 aliphatic carbocycles. The highest BCUT2D eigenvalue weighted by Gasteiger charge is 2.51. The number of hydrogen-bond acceptors (Lipinski definition) is 12. The quantitative estimate of drug-likeness (QED) is 0.0663. The molecule has 4 aromatic rings. The van der Waals surface area contributed by atoms with E-state index in [4.69, 9.17) is 46.3 Å². The predicted octanol–water partition coefficient (Wildman–Crippen LogP) is 13.7. The van der Waals surface area contributed by atoms with Gasteiger partial charge in [-0.2, -0.15) is 8.42 Å². The normalized spacial score (nSPS) is 12.6. The fourth-order valence-electron chi connectivity index (χ4n) is 6.86. The molecule has 0 bridgehead atoms. The Kier molecular flexibility index (Phi) is 18.7. The van der Waals surface area contributed by atoms with Crippen LogP contribution in [0.15, 0.2) is 80.2 Å². The molecule has 4 aromatic carbocycles. The Labute approximate surface area is 397 Å². The molecular weight excluding hydrogens is 881 g/mol. The van der Waals surface area contributed by atoms with Crippen molar-refractivity contribution < 1.29 is 54.7 Å². The van der Waals surface area contributed by atoms with Crippen molar-refractivity contribution in [1.29, 1.82) is 0 Å². The van der Waals surface area contributed by atoms with E-state index in [0.717, 1.165) is 5.56 Å². The molecule has 0 aromatic heterocycles. The largest absolute Gasteiger partial charge is 0.491 e. The van der Waals surface area contributed by atoms with E-state index in [1.807, 2.05) is 132 Å². The van der Waals surface area contributed by atoms with Crippen molar-refractivity contribution >= 4 is 20.4 Å². The second kappa shape index (κ2) is 22.9. The van der Waals surface area contributed by atoms with Gasteiger partial charge in [0.15, 0.2) is 0 Å². The van der Waals surface area contributed by atoms with Crippen LogP contribution in [0.1, 0.15) is 130 Å². The van der Waals surface area contributed by atoms with E-state index >= 15 is 8.42 Å². The van der Waals surface area contributed by atoms with Crippen LogP contribution in [0.4, 0.5) is 0 Å². The second-order valence-corrected chi connectivity index (χ2v) is 22.9. The Morgan fingerprint density at radius 1 is 0.333 bits per heavy atom. The Morgan fingerprint density at radius 2 is 0.545 bits per heavy atom. The van der Waals surface area contributed by atoms with Gasteiger partial charge in [0, 0.05) is 36.4 Å². The molecule has 0 heterocycles. The molecular formula is C52H76O12S2. The average molecular weight is 957 g/mol. The van der Waals surface area contributed by atoms with Crippen molar-refractivity contribution in [2.24, 2.45) is 0 Å². The van der Waals surface area contributed by atoms with E-state index < -0.39 is 57.1 Å². The van der Waals surface area contributed by atoms with Gasteiger partial charge in [-0.15, -0.1) is 0 Å². The minimum atomic E-state index is -4.83. The lowest BCUT2D eigenvalue weighted by atomic mass is 10.2. The van der Waals surface area contributed by atoms with Gasteiger partial charge in [0.1, 0.15) is 66.4 Å². The average Bonchev–Trinajstić information content (AvgIpc) is 3.12. The van der Waals surface area contributed by atoms with Gasteiger partial charge in [-0.1, -0.05) is 17.7 Å². The lowest BCUT2D eigenvalue weighted by Crippen LogP contribution is -2.23. The fraction of sp³-hybridized carbons (Fsp3) is 0.538. The second-order valence-electron chi connectivity index (χ2n) is 18.6. The van der Waals surface area contributed by atoms with Gasteiger partial charge in [-0.25, -0.2) is 3.63 Å². The standard InChI is InChI=1S/C52H76O12S2/c1-30(2)55-40-24-44(58-33(7)8)50(45(25-40)59-34(9)10)65(64-66(53,54)43-22-20-39(19)21-23-43,51-46(60-35(11)12)26-41(56-31(3)4)27-47(51)61-36(13)14)52-48(62-37(15)16)28-42(57-32(5)6)29-49(52)63-38(17)18/h20-38H,1-19H3. The van der Waals surface area contributed by atoms with Gasteiger partial charge in [-0.3, -0.25) is 0 Å². The van der Waals surface area contributed by atoms with E-state index in [-0.39, 0.29) is 72.4 Å². The Morgan fingerprint density at radius 3 is 0.742 bits per heavy atom. The smallest absolute Gasteiger partial charge is 0.307 e. The summed E-state index contributed by atoms with van der Waals surface area (Å²) >= 11 is 0. The highest BCUT2D eigenvalue weighted by atomic mass is 32.3. The van der Waals surface area contributed by atoms with Gasteiger partial charge in [0.2, 0.25) is 0 Å². The Bertz CT molecular complexity index is 2020. The molecule has 0 saturated carbocycles. The van der Waals surface area contributed by atoms with Gasteiger partial charge in [0.05, 0.1) is 59.8 Å². The van der Waals surface area contributed by atoms with E-state index in [9.17, 15) is 0 Å². The molecule has 0 radical (unpaired) electrons. The number of aryl methyl sites for hydroxylation is 1. The van der Waals surface area contributed by atoms with Crippen LogP contribution in [-0.4, -0.2) is 63.4 Å². The summed E-state index contributed by atoms with van der Waals surface area (Å²) in [5.74, 6) is 2.57. The van der Waals surface area contributed by atoms with E-state index in [0.29, 0.717) is 17.2 Å². The zero-order chi connectivity index (χ0) is 49.4. The zero-order valence-corrected chi connectivity index (χ0v) is 44.3. The zero-order valence-electron chi connectivity index (χ0n) is 42.7. The lowest BCUT2D eigenvalue weighted by molar-refractivity contribution is 0.203. The summed E-state index contributed by atoms with van der Waals surface area (Å²) in [4.78, 5) is 0.556. The number of benzene rings is 4. The fourth-order valence-corrected chi connectivity index (χ4v) is 12.5. The maximum atomic E-state index is 15.8. The van der Waals surface area contributed by atoms with Crippen molar-refractivity contribution in [1.82, 2.24) is 0 Å².